The molecule has 1 N–H and O–H groups in total. The lowest BCUT2D eigenvalue weighted by Gasteiger charge is -2.09. The summed E-state index contributed by atoms with van der Waals surface area (Å²) in [4.78, 5) is 4.42. The third kappa shape index (κ3) is 2.57. The highest BCUT2D eigenvalue weighted by atomic mass is 32.1. The van der Waals surface area contributed by atoms with E-state index in [2.05, 4.69) is 29.5 Å². The number of hydrogen-bond acceptors (Lipinski definition) is 3. The number of thiazole rings is 1. The van der Waals surface area contributed by atoms with Crippen LogP contribution in [0.2, 0.25) is 0 Å². The summed E-state index contributed by atoms with van der Waals surface area (Å²) in [6.07, 6.45) is 1.17. The molecule has 0 aliphatic rings. The Hall–Kier alpha value is -0.410. The Morgan fingerprint density at radius 1 is 1.67 bits per heavy atom. The first-order valence-electron chi connectivity index (χ1n) is 4.39. The average molecular weight is 184 g/mol. The van der Waals surface area contributed by atoms with Crippen LogP contribution in [0.3, 0.4) is 0 Å². The lowest BCUT2D eigenvalue weighted by Crippen LogP contribution is -2.19. The van der Waals surface area contributed by atoms with E-state index in [0.29, 0.717) is 6.04 Å². The number of hydrogen-bond donors (Lipinski definition) is 1. The summed E-state index contributed by atoms with van der Waals surface area (Å²) in [5.74, 6) is 0. The van der Waals surface area contributed by atoms with Crippen molar-refractivity contribution in [2.24, 2.45) is 0 Å². The third-order valence-corrected chi connectivity index (χ3v) is 2.57. The van der Waals surface area contributed by atoms with Gasteiger partial charge in [0, 0.05) is 11.4 Å². The first kappa shape index (κ1) is 9.68. The second-order valence-corrected chi connectivity index (χ2v) is 4.03. The molecule has 68 valence electrons. The van der Waals surface area contributed by atoms with Crippen LogP contribution in [-0.4, -0.2) is 11.5 Å². The summed E-state index contributed by atoms with van der Waals surface area (Å²) in [5, 5.41) is 6.68. The molecule has 1 rings (SSSR count). The average Bonchev–Trinajstić information content (AvgIpc) is 2.47. The van der Waals surface area contributed by atoms with Gasteiger partial charge in [-0.2, -0.15) is 0 Å². The number of aromatic nitrogens is 1. The summed E-state index contributed by atoms with van der Waals surface area (Å²) in [6.45, 7) is 7.44. The van der Waals surface area contributed by atoms with Crippen molar-refractivity contribution in [3.63, 3.8) is 0 Å². The van der Waals surface area contributed by atoms with E-state index in [4.69, 9.17) is 0 Å². The smallest absolute Gasteiger partial charge is 0.0898 e. The van der Waals surface area contributed by atoms with E-state index in [0.717, 1.165) is 11.6 Å². The second kappa shape index (κ2) is 4.58. The molecule has 0 aliphatic heterocycles. The molecule has 0 bridgehead atoms. The van der Waals surface area contributed by atoms with Crippen LogP contribution < -0.4 is 5.32 Å². The SMILES string of the molecule is CCCNC(C)c1csc(C)n1. The first-order valence-corrected chi connectivity index (χ1v) is 5.27. The molecule has 1 aromatic rings. The summed E-state index contributed by atoms with van der Waals surface area (Å²) in [6, 6.07) is 0.398. The van der Waals surface area contributed by atoms with Gasteiger partial charge in [0.2, 0.25) is 0 Å². The molecule has 1 unspecified atom stereocenters. The molecule has 1 heterocycles. The molecule has 0 amide bonds. The summed E-state index contributed by atoms with van der Waals surface area (Å²) in [5.41, 5.74) is 1.17. The molecular weight excluding hydrogens is 168 g/mol. The normalized spacial score (nSPS) is 13.2. The van der Waals surface area contributed by atoms with Crippen molar-refractivity contribution >= 4 is 11.3 Å². The van der Waals surface area contributed by atoms with Crippen molar-refractivity contribution in [2.75, 3.05) is 6.54 Å². The quantitative estimate of drug-likeness (QED) is 0.777. The van der Waals surface area contributed by atoms with E-state index in [1.54, 1.807) is 11.3 Å². The molecule has 1 atom stereocenters. The fourth-order valence-corrected chi connectivity index (χ4v) is 1.75. The Balaban J connectivity index is 2.47. The van der Waals surface area contributed by atoms with E-state index < -0.39 is 0 Å². The number of nitrogens with one attached hydrogen (secondary N) is 1. The molecule has 0 aromatic carbocycles. The summed E-state index contributed by atoms with van der Waals surface area (Å²) in [7, 11) is 0. The van der Waals surface area contributed by atoms with Crippen molar-refractivity contribution in [3.8, 4) is 0 Å². The zero-order valence-corrected chi connectivity index (χ0v) is 8.74. The van der Waals surface area contributed by atoms with Crippen LogP contribution in [0.5, 0.6) is 0 Å². The van der Waals surface area contributed by atoms with Gasteiger partial charge in [-0.15, -0.1) is 11.3 Å². The van der Waals surface area contributed by atoms with Crippen molar-refractivity contribution in [1.29, 1.82) is 0 Å². The topological polar surface area (TPSA) is 24.9 Å². The largest absolute Gasteiger partial charge is 0.309 e. The Bertz CT molecular complexity index is 232. The molecule has 0 fully saturated rings. The highest BCUT2D eigenvalue weighted by Gasteiger charge is 2.06. The van der Waals surface area contributed by atoms with Crippen molar-refractivity contribution in [3.05, 3.63) is 16.1 Å². The van der Waals surface area contributed by atoms with E-state index >= 15 is 0 Å². The zero-order valence-electron chi connectivity index (χ0n) is 7.92. The van der Waals surface area contributed by atoms with Gasteiger partial charge in [0.1, 0.15) is 0 Å². The van der Waals surface area contributed by atoms with Crippen LogP contribution >= 0.6 is 11.3 Å². The number of nitrogens with zero attached hydrogens (tertiary/aromatic N) is 1. The number of rotatable bonds is 4. The van der Waals surface area contributed by atoms with Gasteiger partial charge in [-0.25, -0.2) is 4.98 Å². The van der Waals surface area contributed by atoms with Gasteiger partial charge in [0.25, 0.3) is 0 Å². The molecular formula is C9H16N2S. The molecule has 0 radical (unpaired) electrons. The Morgan fingerprint density at radius 3 is 2.92 bits per heavy atom. The maximum absolute atomic E-state index is 4.42. The van der Waals surface area contributed by atoms with Crippen LogP contribution in [0.15, 0.2) is 5.38 Å². The molecule has 0 saturated carbocycles. The van der Waals surface area contributed by atoms with Crippen molar-refractivity contribution in [1.82, 2.24) is 10.3 Å². The van der Waals surface area contributed by atoms with E-state index in [9.17, 15) is 0 Å². The monoisotopic (exact) mass is 184 g/mol. The van der Waals surface area contributed by atoms with E-state index in [1.165, 1.54) is 12.1 Å². The minimum absolute atomic E-state index is 0.398. The highest BCUT2D eigenvalue weighted by Crippen LogP contribution is 2.15. The third-order valence-electron chi connectivity index (χ3n) is 1.78. The standard InChI is InChI=1S/C9H16N2S/c1-4-5-10-7(2)9-6-12-8(3)11-9/h6-7,10H,4-5H2,1-3H3. The molecule has 1 aromatic heterocycles. The Kier molecular flexibility index (Phi) is 3.69. The van der Waals surface area contributed by atoms with Gasteiger partial charge in [-0.05, 0) is 26.8 Å². The predicted molar refractivity (Wildman–Crippen MR) is 53.6 cm³/mol. The van der Waals surface area contributed by atoms with Crippen LogP contribution in [0.25, 0.3) is 0 Å². The zero-order chi connectivity index (χ0) is 8.97. The van der Waals surface area contributed by atoms with E-state index in [-0.39, 0.29) is 0 Å². The highest BCUT2D eigenvalue weighted by molar-refractivity contribution is 7.09. The van der Waals surface area contributed by atoms with Crippen molar-refractivity contribution < 1.29 is 0 Å². The molecule has 0 saturated heterocycles. The molecule has 12 heavy (non-hydrogen) atoms. The minimum atomic E-state index is 0.398. The maximum atomic E-state index is 4.42. The Labute approximate surface area is 78.0 Å². The predicted octanol–water partition coefficient (Wildman–Crippen LogP) is 2.51. The van der Waals surface area contributed by atoms with Gasteiger partial charge in [0.15, 0.2) is 0 Å². The van der Waals surface area contributed by atoms with Crippen LogP contribution in [0.4, 0.5) is 0 Å². The van der Waals surface area contributed by atoms with Gasteiger partial charge in [0.05, 0.1) is 10.7 Å². The summed E-state index contributed by atoms with van der Waals surface area (Å²) >= 11 is 1.72. The fraction of sp³-hybridized carbons (Fsp3) is 0.667. The fourth-order valence-electron chi connectivity index (χ4n) is 1.04. The van der Waals surface area contributed by atoms with Crippen molar-refractivity contribution in [2.45, 2.75) is 33.2 Å². The lowest BCUT2D eigenvalue weighted by atomic mass is 10.2. The molecule has 0 aliphatic carbocycles. The number of aryl methyl sites for hydroxylation is 1. The second-order valence-electron chi connectivity index (χ2n) is 2.97. The van der Waals surface area contributed by atoms with Gasteiger partial charge >= 0.3 is 0 Å². The molecule has 2 nitrogen and oxygen atoms in total. The first-order chi connectivity index (χ1) is 5.74. The molecule has 0 spiro atoms. The Morgan fingerprint density at radius 2 is 2.42 bits per heavy atom. The van der Waals surface area contributed by atoms with Crippen LogP contribution in [0.1, 0.15) is 37.0 Å². The summed E-state index contributed by atoms with van der Waals surface area (Å²) < 4.78 is 0. The van der Waals surface area contributed by atoms with E-state index in [1.807, 2.05) is 6.92 Å². The van der Waals surface area contributed by atoms with Gasteiger partial charge in [-0.3, -0.25) is 0 Å². The van der Waals surface area contributed by atoms with Crippen LogP contribution in [0, 0.1) is 6.92 Å². The minimum Gasteiger partial charge on any atom is -0.309 e. The van der Waals surface area contributed by atoms with Crippen LogP contribution in [-0.2, 0) is 0 Å². The lowest BCUT2D eigenvalue weighted by molar-refractivity contribution is 0.560. The molecule has 3 heteroatoms. The van der Waals surface area contributed by atoms with Gasteiger partial charge in [-0.1, -0.05) is 6.92 Å². The maximum Gasteiger partial charge on any atom is 0.0898 e. The van der Waals surface area contributed by atoms with Gasteiger partial charge < -0.3 is 5.32 Å².